The number of ether oxygens (including phenoxy) is 9. The molecule has 0 unspecified atom stereocenters. The molecule has 0 spiro atoms. The van der Waals surface area contributed by atoms with Crippen molar-refractivity contribution in [1.82, 2.24) is 4.90 Å². The Labute approximate surface area is 280 Å². The first kappa shape index (κ1) is 34.9. The van der Waals surface area contributed by atoms with Crippen molar-refractivity contribution >= 4 is 11.9 Å². The number of methoxy groups -OCH3 is 2. The van der Waals surface area contributed by atoms with E-state index in [1.807, 2.05) is 81.4 Å². The summed E-state index contributed by atoms with van der Waals surface area (Å²) in [6.45, 7) is 5.40. The van der Waals surface area contributed by atoms with Gasteiger partial charge in [0.05, 0.1) is 30.9 Å². The van der Waals surface area contributed by atoms with Crippen LogP contribution in [0.25, 0.3) is 0 Å². The maximum Gasteiger partial charge on any atom is 0.410 e. The zero-order valence-corrected chi connectivity index (χ0v) is 27.8. The SMILES string of the molecule is COCO[C@@H]1[C@@H]([C@H](OCOC)[C@H]2[C@H](OCc3ccccc3)[C@H]3OC(C)(C)O[C@H]3[C@@H](C)N2C(=O)OCc2ccccc2)[C@H]2O[C@@H]1C(=O)[C@@H]2O. The second-order valence-corrected chi connectivity index (χ2v) is 13.0. The minimum atomic E-state index is -1.42. The number of hydrogen-bond donors (Lipinski definition) is 1. The summed E-state index contributed by atoms with van der Waals surface area (Å²) in [5.41, 5.74) is 1.72. The maximum absolute atomic E-state index is 14.4. The van der Waals surface area contributed by atoms with Crippen LogP contribution in [-0.4, -0.2) is 116 Å². The van der Waals surface area contributed by atoms with Crippen molar-refractivity contribution < 1.29 is 57.3 Å². The van der Waals surface area contributed by atoms with Crippen molar-refractivity contribution in [3.8, 4) is 0 Å². The lowest BCUT2D eigenvalue weighted by Gasteiger charge is -2.52. The molecule has 48 heavy (non-hydrogen) atoms. The summed E-state index contributed by atoms with van der Waals surface area (Å²) in [5, 5.41) is 11.0. The quantitative estimate of drug-likeness (QED) is 0.313. The third kappa shape index (κ3) is 6.89. The van der Waals surface area contributed by atoms with Crippen LogP contribution in [-0.2, 0) is 60.6 Å². The molecule has 0 saturated carbocycles. The average Bonchev–Trinajstić information content (AvgIpc) is 3.72. The van der Waals surface area contributed by atoms with Crippen LogP contribution in [0.4, 0.5) is 4.79 Å². The zero-order chi connectivity index (χ0) is 34.0. The smallest absolute Gasteiger partial charge is 0.410 e. The van der Waals surface area contributed by atoms with Gasteiger partial charge in [-0.05, 0) is 31.9 Å². The molecule has 4 aliphatic heterocycles. The molecule has 4 aliphatic rings. The van der Waals surface area contributed by atoms with E-state index in [1.54, 1.807) is 4.90 Å². The molecule has 0 aromatic heterocycles. The number of nitrogens with zero attached hydrogens (tertiary/aromatic N) is 1. The van der Waals surface area contributed by atoms with Crippen LogP contribution in [0.1, 0.15) is 31.9 Å². The summed E-state index contributed by atoms with van der Waals surface area (Å²) in [5.74, 6) is -2.23. The van der Waals surface area contributed by atoms with E-state index in [4.69, 9.17) is 42.6 Å². The van der Waals surface area contributed by atoms with E-state index >= 15 is 0 Å². The summed E-state index contributed by atoms with van der Waals surface area (Å²) in [4.78, 5) is 28.9. The molecule has 13 nitrogen and oxygen atoms in total. The number of ketones is 1. The standard InChI is InChI=1S/C35H45NO12/c1-20-27-33(48-35(2,3)47-27)31(42-16-21-12-8-6-9-13-21)24(36(20)34(39)43-17-22-14-10-7-11-15-22)28(44-18-40-4)23-29-25(37)26(38)32(46-29)30(23)45-19-41-5/h6-15,20,23-25,27-33,37H,16-19H2,1-5H3/t20-,23+,24+,25+,27+,28+,29-,30-,31+,32-,33+/m1/s1. The first-order valence-corrected chi connectivity index (χ1v) is 16.2. The molecular weight excluding hydrogens is 626 g/mol. The van der Waals surface area contributed by atoms with Crippen LogP contribution >= 0.6 is 0 Å². The third-order valence-electron chi connectivity index (χ3n) is 9.48. The highest BCUT2D eigenvalue weighted by Gasteiger charge is 2.67. The van der Waals surface area contributed by atoms with E-state index in [2.05, 4.69) is 0 Å². The summed E-state index contributed by atoms with van der Waals surface area (Å²) in [6, 6.07) is 17.5. The lowest BCUT2D eigenvalue weighted by Crippen LogP contribution is -2.72. The van der Waals surface area contributed by atoms with Crippen molar-refractivity contribution in [1.29, 1.82) is 0 Å². The number of aliphatic hydroxyl groups excluding tert-OH is 1. The van der Waals surface area contributed by atoms with E-state index in [9.17, 15) is 14.7 Å². The predicted octanol–water partition coefficient (Wildman–Crippen LogP) is 2.81. The molecule has 2 aromatic rings. The molecule has 13 heteroatoms. The van der Waals surface area contributed by atoms with Gasteiger partial charge >= 0.3 is 6.09 Å². The maximum atomic E-state index is 14.4. The monoisotopic (exact) mass is 671 g/mol. The average molecular weight is 672 g/mol. The van der Waals surface area contributed by atoms with Gasteiger partial charge in [-0.15, -0.1) is 0 Å². The molecular formula is C35H45NO12. The molecule has 1 N–H and O–H groups in total. The number of carbonyl (C=O) groups is 2. The number of rotatable bonds is 13. The zero-order valence-electron chi connectivity index (χ0n) is 27.8. The Morgan fingerprint density at radius 3 is 2.15 bits per heavy atom. The van der Waals surface area contributed by atoms with Crippen molar-refractivity contribution in [2.45, 2.75) is 101 Å². The van der Waals surface area contributed by atoms with Gasteiger partial charge in [0, 0.05) is 20.1 Å². The van der Waals surface area contributed by atoms with Gasteiger partial charge in [0.2, 0.25) is 0 Å². The lowest BCUT2D eigenvalue weighted by atomic mass is 9.74. The lowest BCUT2D eigenvalue weighted by molar-refractivity contribution is -0.214. The largest absolute Gasteiger partial charge is 0.445 e. The Bertz CT molecular complexity index is 1380. The van der Waals surface area contributed by atoms with E-state index in [-0.39, 0.29) is 26.8 Å². The third-order valence-corrected chi connectivity index (χ3v) is 9.48. The fraction of sp³-hybridized carbons (Fsp3) is 0.600. The van der Waals surface area contributed by atoms with Gasteiger partial charge in [0.15, 0.2) is 11.6 Å². The van der Waals surface area contributed by atoms with Gasteiger partial charge in [-0.2, -0.15) is 0 Å². The van der Waals surface area contributed by atoms with Crippen molar-refractivity contribution in [2.24, 2.45) is 5.92 Å². The second kappa shape index (κ2) is 14.9. The molecule has 4 heterocycles. The topological polar surface area (TPSA) is 141 Å². The molecule has 0 aliphatic carbocycles. The molecule has 2 aromatic carbocycles. The Hall–Kier alpha value is -2.98. The van der Waals surface area contributed by atoms with Crippen LogP contribution in [0, 0.1) is 5.92 Å². The minimum absolute atomic E-state index is 0.0235. The van der Waals surface area contributed by atoms with Crippen molar-refractivity contribution in [3.05, 3.63) is 71.8 Å². The number of likely N-dealkylation sites (tertiary alicyclic amines) is 1. The Morgan fingerprint density at radius 1 is 0.875 bits per heavy atom. The van der Waals surface area contributed by atoms with Crippen LogP contribution in [0.5, 0.6) is 0 Å². The number of hydrogen-bond acceptors (Lipinski definition) is 12. The normalized spacial score (nSPS) is 34.3. The van der Waals surface area contributed by atoms with Gasteiger partial charge in [-0.3, -0.25) is 9.69 Å². The number of Topliss-reactive ketones (excluding diaryl/α,β-unsaturated/α-hetero) is 1. The summed E-state index contributed by atoms with van der Waals surface area (Å²) in [6.07, 6.45) is -7.99. The Kier molecular flexibility index (Phi) is 10.8. The highest BCUT2D eigenvalue weighted by atomic mass is 16.8. The molecule has 4 fully saturated rings. The van der Waals surface area contributed by atoms with Gasteiger partial charge in [0.25, 0.3) is 0 Å². The highest BCUT2D eigenvalue weighted by molar-refractivity contribution is 5.91. The first-order chi connectivity index (χ1) is 23.1. The summed E-state index contributed by atoms with van der Waals surface area (Å²) in [7, 11) is 2.95. The van der Waals surface area contributed by atoms with Crippen molar-refractivity contribution in [3.63, 3.8) is 0 Å². The second-order valence-electron chi connectivity index (χ2n) is 13.0. The van der Waals surface area contributed by atoms with E-state index in [0.29, 0.717) is 0 Å². The number of fused-ring (bicyclic) bond motifs is 3. The molecule has 262 valence electrons. The van der Waals surface area contributed by atoms with Gasteiger partial charge < -0.3 is 47.7 Å². The molecule has 1 amide bonds. The van der Waals surface area contributed by atoms with Crippen LogP contribution in [0.3, 0.4) is 0 Å². The van der Waals surface area contributed by atoms with Crippen LogP contribution < -0.4 is 0 Å². The van der Waals surface area contributed by atoms with Crippen LogP contribution in [0.15, 0.2) is 60.7 Å². The van der Waals surface area contributed by atoms with Crippen LogP contribution in [0.2, 0.25) is 0 Å². The van der Waals surface area contributed by atoms with Crippen molar-refractivity contribution in [2.75, 3.05) is 27.8 Å². The van der Waals surface area contributed by atoms with Gasteiger partial charge in [0.1, 0.15) is 56.8 Å². The molecule has 6 rings (SSSR count). The fourth-order valence-electron chi connectivity index (χ4n) is 7.49. The van der Waals surface area contributed by atoms with E-state index in [1.165, 1.54) is 14.2 Å². The Morgan fingerprint density at radius 2 is 1.50 bits per heavy atom. The van der Waals surface area contributed by atoms with Gasteiger partial charge in [-0.25, -0.2) is 4.79 Å². The number of benzene rings is 2. The van der Waals surface area contributed by atoms with E-state index < -0.39 is 84.5 Å². The van der Waals surface area contributed by atoms with Gasteiger partial charge in [-0.1, -0.05) is 60.7 Å². The summed E-state index contributed by atoms with van der Waals surface area (Å²) < 4.78 is 54.8. The number of amides is 1. The fourth-order valence-corrected chi connectivity index (χ4v) is 7.49. The number of carbonyl (C=O) groups excluding carboxylic acids is 2. The van der Waals surface area contributed by atoms with E-state index in [0.717, 1.165) is 11.1 Å². The first-order valence-electron chi connectivity index (χ1n) is 16.2. The predicted molar refractivity (Wildman–Crippen MR) is 167 cm³/mol. The number of aliphatic hydroxyl groups is 1. The minimum Gasteiger partial charge on any atom is -0.445 e. The Balaban J connectivity index is 1.43. The number of piperidine rings is 1. The molecule has 0 radical (unpaired) electrons. The molecule has 2 bridgehead atoms. The highest BCUT2D eigenvalue weighted by Crippen LogP contribution is 2.47. The summed E-state index contributed by atoms with van der Waals surface area (Å²) >= 11 is 0. The molecule has 11 atom stereocenters. The molecule has 4 saturated heterocycles.